The van der Waals surface area contributed by atoms with E-state index in [-0.39, 0.29) is 0 Å². The van der Waals surface area contributed by atoms with Crippen molar-refractivity contribution in [3.63, 3.8) is 0 Å². The van der Waals surface area contributed by atoms with Crippen LogP contribution in [-0.2, 0) is 14.8 Å². The van der Waals surface area contributed by atoms with Gasteiger partial charge in [0.05, 0.1) is 29.5 Å². The second kappa shape index (κ2) is 5.51. The summed E-state index contributed by atoms with van der Waals surface area (Å²) in [5.74, 6) is -1.65. The molecule has 0 aromatic heterocycles. The molecule has 0 saturated heterocycles. The van der Waals surface area contributed by atoms with E-state index in [0.717, 1.165) is 4.31 Å². The van der Waals surface area contributed by atoms with Gasteiger partial charge in [-0.1, -0.05) is 6.07 Å². The fourth-order valence-electron chi connectivity index (χ4n) is 1.29. The topological polar surface area (TPSA) is 98.5 Å². The number of nitriles is 1. The Kier molecular flexibility index (Phi) is 4.28. The van der Waals surface area contributed by atoms with Gasteiger partial charge in [-0.3, -0.25) is 9.10 Å². The van der Waals surface area contributed by atoms with Crippen LogP contribution in [0.3, 0.4) is 0 Å². The predicted octanol–water partition coefficient (Wildman–Crippen LogP) is 0.799. The van der Waals surface area contributed by atoms with Crippen LogP contribution >= 0.6 is 0 Å². The van der Waals surface area contributed by atoms with Gasteiger partial charge in [0.25, 0.3) is 0 Å². The Bertz CT molecular complexity index is 589. The number of nitrogens with zero attached hydrogens (tertiary/aromatic N) is 2. The summed E-state index contributed by atoms with van der Waals surface area (Å²) < 4.78 is 24.6. The zero-order chi connectivity index (χ0) is 13.8. The molecule has 0 saturated carbocycles. The Labute approximate surface area is 105 Å². The zero-order valence-electron chi connectivity index (χ0n) is 9.70. The van der Waals surface area contributed by atoms with Crippen LogP contribution < -0.4 is 4.31 Å². The van der Waals surface area contributed by atoms with Crippen LogP contribution in [0.4, 0.5) is 5.69 Å². The normalized spacial score (nSPS) is 10.7. The maximum absolute atomic E-state index is 11.8. The summed E-state index contributed by atoms with van der Waals surface area (Å²) in [4.78, 5) is 10.4. The number of benzene rings is 1. The molecular formula is C11H12N2O4S. The standard InChI is InChI=1S/C11H12N2O4S/c1-13(18(16,17)6-5-11(14)15)10-4-2-3-9(7-10)8-12/h2-4,7H,5-6H2,1H3,(H,14,15). The smallest absolute Gasteiger partial charge is 0.304 e. The molecule has 0 unspecified atom stereocenters. The van der Waals surface area contributed by atoms with Gasteiger partial charge in [-0.2, -0.15) is 5.26 Å². The highest BCUT2D eigenvalue weighted by molar-refractivity contribution is 7.92. The van der Waals surface area contributed by atoms with E-state index in [2.05, 4.69) is 0 Å². The van der Waals surface area contributed by atoms with E-state index >= 15 is 0 Å². The first-order chi connectivity index (χ1) is 8.36. The van der Waals surface area contributed by atoms with Crippen molar-refractivity contribution >= 4 is 21.7 Å². The summed E-state index contributed by atoms with van der Waals surface area (Å²) in [5, 5.41) is 17.2. The van der Waals surface area contributed by atoms with Crippen LogP contribution in [0.15, 0.2) is 24.3 Å². The SMILES string of the molecule is CN(c1cccc(C#N)c1)S(=O)(=O)CCC(=O)O. The van der Waals surface area contributed by atoms with E-state index in [0.29, 0.717) is 11.3 Å². The molecule has 0 bridgehead atoms. The Balaban J connectivity index is 2.95. The van der Waals surface area contributed by atoms with Gasteiger partial charge in [0.15, 0.2) is 0 Å². The molecule has 0 heterocycles. The summed E-state index contributed by atoms with van der Waals surface area (Å²) in [5.41, 5.74) is 0.673. The second-order valence-corrected chi connectivity index (χ2v) is 5.71. The second-order valence-electron chi connectivity index (χ2n) is 3.59. The minimum atomic E-state index is -3.69. The first-order valence-electron chi connectivity index (χ1n) is 5.05. The van der Waals surface area contributed by atoms with Gasteiger partial charge in [0, 0.05) is 7.05 Å². The summed E-state index contributed by atoms with van der Waals surface area (Å²) in [6.45, 7) is 0. The molecule has 7 heteroatoms. The molecule has 1 aromatic rings. The quantitative estimate of drug-likeness (QED) is 0.851. The number of rotatable bonds is 5. The molecule has 18 heavy (non-hydrogen) atoms. The molecule has 0 aliphatic carbocycles. The molecule has 0 fully saturated rings. The lowest BCUT2D eigenvalue weighted by atomic mass is 10.2. The fraction of sp³-hybridized carbons (Fsp3) is 0.273. The summed E-state index contributed by atoms with van der Waals surface area (Å²) in [6.07, 6.45) is -0.454. The Morgan fingerprint density at radius 1 is 1.50 bits per heavy atom. The van der Waals surface area contributed by atoms with Crippen LogP contribution in [0, 0.1) is 11.3 Å². The number of carboxylic acids is 1. The van der Waals surface area contributed by atoms with Crippen LogP contribution in [0.1, 0.15) is 12.0 Å². The molecular weight excluding hydrogens is 256 g/mol. The van der Waals surface area contributed by atoms with E-state index in [1.165, 1.54) is 13.1 Å². The van der Waals surface area contributed by atoms with Crippen molar-refractivity contribution < 1.29 is 18.3 Å². The molecule has 0 atom stereocenters. The van der Waals surface area contributed by atoms with E-state index in [9.17, 15) is 13.2 Å². The molecule has 0 spiro atoms. The molecule has 0 aliphatic rings. The third kappa shape index (κ3) is 3.46. The molecule has 0 radical (unpaired) electrons. The van der Waals surface area contributed by atoms with E-state index in [4.69, 9.17) is 10.4 Å². The highest BCUT2D eigenvalue weighted by atomic mass is 32.2. The monoisotopic (exact) mass is 268 g/mol. The molecule has 1 N–H and O–H groups in total. The van der Waals surface area contributed by atoms with Crippen molar-refractivity contribution in [2.24, 2.45) is 0 Å². The van der Waals surface area contributed by atoms with Gasteiger partial charge in [-0.25, -0.2) is 8.42 Å². The fourth-order valence-corrected chi connectivity index (χ4v) is 2.43. The molecule has 6 nitrogen and oxygen atoms in total. The average Bonchev–Trinajstić information content (AvgIpc) is 2.35. The number of hydrogen-bond acceptors (Lipinski definition) is 4. The van der Waals surface area contributed by atoms with Gasteiger partial charge in [-0.05, 0) is 18.2 Å². The summed E-state index contributed by atoms with van der Waals surface area (Å²) in [7, 11) is -2.36. The minimum absolute atomic E-state index is 0.333. The van der Waals surface area contributed by atoms with Crippen molar-refractivity contribution in [2.75, 3.05) is 17.1 Å². The van der Waals surface area contributed by atoms with Gasteiger partial charge in [-0.15, -0.1) is 0 Å². The minimum Gasteiger partial charge on any atom is -0.481 e. The Morgan fingerprint density at radius 3 is 2.72 bits per heavy atom. The number of sulfonamides is 1. The lowest BCUT2D eigenvalue weighted by molar-refractivity contribution is -0.136. The average molecular weight is 268 g/mol. The molecule has 96 valence electrons. The van der Waals surface area contributed by atoms with Gasteiger partial charge >= 0.3 is 5.97 Å². The van der Waals surface area contributed by atoms with Crippen LogP contribution in [-0.4, -0.2) is 32.3 Å². The van der Waals surface area contributed by atoms with Crippen molar-refractivity contribution in [1.82, 2.24) is 0 Å². The third-order valence-corrected chi connectivity index (χ3v) is 4.10. The van der Waals surface area contributed by atoms with Crippen molar-refractivity contribution in [3.8, 4) is 6.07 Å². The summed E-state index contributed by atoms with van der Waals surface area (Å²) in [6, 6.07) is 8.00. The van der Waals surface area contributed by atoms with Crippen LogP contribution in [0.2, 0.25) is 0 Å². The highest BCUT2D eigenvalue weighted by Crippen LogP contribution is 2.18. The molecule has 1 rings (SSSR count). The van der Waals surface area contributed by atoms with Crippen molar-refractivity contribution in [2.45, 2.75) is 6.42 Å². The predicted molar refractivity (Wildman–Crippen MR) is 65.6 cm³/mol. The van der Waals surface area contributed by atoms with Crippen LogP contribution in [0.25, 0.3) is 0 Å². The third-order valence-electron chi connectivity index (χ3n) is 2.33. The largest absolute Gasteiger partial charge is 0.481 e. The molecule has 1 aromatic carbocycles. The van der Waals surface area contributed by atoms with Crippen molar-refractivity contribution in [3.05, 3.63) is 29.8 Å². The maximum Gasteiger partial charge on any atom is 0.304 e. The zero-order valence-corrected chi connectivity index (χ0v) is 10.5. The van der Waals surface area contributed by atoms with Crippen LogP contribution in [0.5, 0.6) is 0 Å². The number of hydrogen-bond donors (Lipinski definition) is 1. The van der Waals surface area contributed by atoms with E-state index < -0.39 is 28.2 Å². The molecule has 0 aliphatic heterocycles. The number of carboxylic acid groups (broad SMARTS) is 1. The number of carbonyl (C=O) groups is 1. The first-order valence-corrected chi connectivity index (χ1v) is 6.66. The van der Waals surface area contributed by atoms with Gasteiger partial charge < -0.3 is 5.11 Å². The maximum atomic E-state index is 11.8. The Hall–Kier alpha value is -2.07. The highest BCUT2D eigenvalue weighted by Gasteiger charge is 2.19. The van der Waals surface area contributed by atoms with E-state index in [1.54, 1.807) is 18.2 Å². The summed E-state index contributed by atoms with van der Waals surface area (Å²) >= 11 is 0. The van der Waals surface area contributed by atoms with Gasteiger partial charge in [0.2, 0.25) is 10.0 Å². The first kappa shape index (κ1) is 14.0. The molecule has 0 amide bonds. The van der Waals surface area contributed by atoms with Crippen molar-refractivity contribution in [1.29, 1.82) is 5.26 Å². The number of anilines is 1. The lowest BCUT2D eigenvalue weighted by Crippen LogP contribution is -2.29. The van der Waals surface area contributed by atoms with E-state index in [1.807, 2.05) is 6.07 Å². The Morgan fingerprint density at radius 2 is 2.17 bits per heavy atom. The number of aliphatic carboxylic acids is 1. The van der Waals surface area contributed by atoms with Gasteiger partial charge in [0.1, 0.15) is 0 Å². The lowest BCUT2D eigenvalue weighted by Gasteiger charge is -2.19.